The molecular weight excluding hydrogens is 493 g/mol. The average molecular weight is 511 g/mol. The first-order valence-electron chi connectivity index (χ1n) is 11.2. The number of pyridine rings is 1. The summed E-state index contributed by atoms with van der Waals surface area (Å²) in [6, 6.07) is -1.63. The molecule has 2 aromatic rings. The van der Waals surface area contributed by atoms with Gasteiger partial charge in [-0.05, 0) is 30.7 Å². The molecule has 2 N–H and O–H groups in total. The molecule has 2 amide bonds. The van der Waals surface area contributed by atoms with Crippen LogP contribution < -0.4 is 10.7 Å². The lowest BCUT2D eigenvalue weighted by Gasteiger charge is -2.45. The van der Waals surface area contributed by atoms with Gasteiger partial charge in [-0.25, -0.2) is 8.78 Å². The topological polar surface area (TPSA) is 101 Å². The SMILES string of the molecule is O=C(NC(c1ccc(F)cc1F)C(F)(F)F)c1cn2c(c(O)c1=O)C(=O)N1[C@H](C2)O[C@@H]2C[C@H]1[C@H]1C[C@H]12. The van der Waals surface area contributed by atoms with E-state index in [9.17, 15) is 41.4 Å². The van der Waals surface area contributed by atoms with E-state index in [1.807, 2.05) is 0 Å². The largest absolute Gasteiger partial charge is 0.503 e. The smallest absolute Gasteiger partial charge is 0.412 e. The number of nitrogens with zero attached hydrogens (tertiary/aromatic N) is 2. The van der Waals surface area contributed by atoms with Crippen LogP contribution in [0.3, 0.4) is 0 Å². The van der Waals surface area contributed by atoms with Gasteiger partial charge in [-0.1, -0.05) is 6.07 Å². The zero-order valence-corrected chi connectivity index (χ0v) is 18.3. The third-order valence-corrected chi connectivity index (χ3v) is 7.50. The highest BCUT2D eigenvalue weighted by Crippen LogP contribution is 2.58. The molecule has 36 heavy (non-hydrogen) atoms. The number of alkyl halides is 3. The van der Waals surface area contributed by atoms with Gasteiger partial charge in [0.25, 0.3) is 11.8 Å². The summed E-state index contributed by atoms with van der Waals surface area (Å²) in [7, 11) is 0. The van der Waals surface area contributed by atoms with Gasteiger partial charge in [-0.2, -0.15) is 13.2 Å². The summed E-state index contributed by atoms with van der Waals surface area (Å²) in [6.07, 6.45) is -3.47. The molecule has 1 aromatic heterocycles. The first kappa shape index (κ1) is 23.0. The van der Waals surface area contributed by atoms with Crippen molar-refractivity contribution >= 4 is 11.8 Å². The lowest BCUT2D eigenvalue weighted by Crippen LogP contribution is -2.58. The molecule has 3 heterocycles. The van der Waals surface area contributed by atoms with Crippen molar-refractivity contribution in [2.24, 2.45) is 11.8 Å². The fourth-order valence-electron chi connectivity index (χ4n) is 5.81. The molecule has 2 bridgehead atoms. The molecule has 6 rings (SSSR count). The maximum Gasteiger partial charge on any atom is 0.412 e. The van der Waals surface area contributed by atoms with Crippen molar-refractivity contribution in [2.75, 3.05) is 0 Å². The van der Waals surface area contributed by atoms with Crippen LogP contribution in [0, 0.1) is 23.5 Å². The van der Waals surface area contributed by atoms with Crippen LogP contribution in [0.2, 0.25) is 0 Å². The van der Waals surface area contributed by atoms with E-state index in [1.165, 1.54) is 4.90 Å². The van der Waals surface area contributed by atoms with E-state index >= 15 is 0 Å². The summed E-state index contributed by atoms with van der Waals surface area (Å²) in [5, 5.41) is 12.1. The van der Waals surface area contributed by atoms with Crippen molar-refractivity contribution < 1.29 is 41.4 Å². The van der Waals surface area contributed by atoms with Crippen molar-refractivity contribution in [3.8, 4) is 5.75 Å². The number of ether oxygens (including phenoxy) is 1. The van der Waals surface area contributed by atoms with Crippen molar-refractivity contribution in [1.82, 2.24) is 14.8 Å². The predicted octanol–water partition coefficient (Wildman–Crippen LogP) is 2.45. The minimum Gasteiger partial charge on any atom is -0.503 e. The van der Waals surface area contributed by atoms with Crippen molar-refractivity contribution in [1.29, 1.82) is 0 Å². The Hall–Kier alpha value is -3.48. The van der Waals surface area contributed by atoms with E-state index in [4.69, 9.17) is 4.74 Å². The highest BCUT2D eigenvalue weighted by molar-refractivity contribution is 5.99. The summed E-state index contributed by atoms with van der Waals surface area (Å²) in [6.45, 7) is -0.0447. The van der Waals surface area contributed by atoms with E-state index < -0.39 is 64.2 Å². The van der Waals surface area contributed by atoms with Crippen molar-refractivity contribution in [2.45, 2.75) is 50.0 Å². The lowest BCUT2D eigenvalue weighted by atomic mass is 10.0. The molecule has 4 aliphatic rings. The zero-order chi connectivity index (χ0) is 25.7. The van der Waals surface area contributed by atoms with Gasteiger partial charge < -0.3 is 24.6 Å². The Balaban J connectivity index is 1.35. The fraction of sp³-hybridized carbons (Fsp3) is 0.435. The molecule has 1 unspecified atom stereocenters. The number of nitrogens with one attached hydrogen (secondary N) is 1. The van der Waals surface area contributed by atoms with Gasteiger partial charge in [-0.15, -0.1) is 0 Å². The first-order valence-corrected chi connectivity index (χ1v) is 11.2. The van der Waals surface area contributed by atoms with Gasteiger partial charge in [0.05, 0.1) is 12.6 Å². The van der Waals surface area contributed by atoms with Gasteiger partial charge in [0.15, 0.2) is 23.7 Å². The first-order chi connectivity index (χ1) is 17.0. The normalized spacial score (nSPS) is 28.8. The van der Waals surface area contributed by atoms with E-state index in [0.29, 0.717) is 30.4 Å². The molecule has 1 saturated heterocycles. The van der Waals surface area contributed by atoms with E-state index in [0.717, 1.165) is 17.2 Å². The minimum atomic E-state index is -5.20. The van der Waals surface area contributed by atoms with Crippen molar-refractivity contribution in [3.63, 3.8) is 0 Å². The Labute approximate surface area is 199 Å². The lowest BCUT2D eigenvalue weighted by molar-refractivity contribution is -0.155. The van der Waals surface area contributed by atoms with Crippen LogP contribution in [0.1, 0.15) is 45.3 Å². The second kappa shape index (κ2) is 7.51. The Morgan fingerprint density at radius 3 is 2.61 bits per heavy atom. The fourth-order valence-corrected chi connectivity index (χ4v) is 5.81. The number of hydrogen-bond donors (Lipinski definition) is 2. The van der Waals surface area contributed by atoms with Gasteiger partial charge in [-0.3, -0.25) is 14.4 Å². The average Bonchev–Trinajstić information content (AvgIpc) is 3.54. The summed E-state index contributed by atoms with van der Waals surface area (Å²) in [5.41, 5.74) is -3.67. The summed E-state index contributed by atoms with van der Waals surface area (Å²) >= 11 is 0. The Kier molecular flexibility index (Phi) is 4.79. The number of aromatic nitrogens is 1. The number of carbonyl (C=O) groups is 2. The number of rotatable bonds is 3. The van der Waals surface area contributed by atoms with Gasteiger partial charge in [0.1, 0.15) is 17.2 Å². The third kappa shape index (κ3) is 3.32. The number of hydrogen-bond acceptors (Lipinski definition) is 5. The molecule has 0 spiro atoms. The molecule has 2 aliphatic carbocycles. The van der Waals surface area contributed by atoms with Crippen LogP contribution >= 0.6 is 0 Å². The zero-order valence-electron chi connectivity index (χ0n) is 18.3. The minimum absolute atomic E-state index is 0.0236. The molecule has 0 radical (unpaired) electrons. The standard InChI is InChI=1S/C23H18F5N3O5/c24-8-1-2-9(13(25)3-8)20(23(26,27)28)29-21(34)12-6-30-7-16-31(22(35)17(30)19(33)18(12)32)14-5-15(36-16)11-4-10(11)14/h1-3,6,10-11,14-16,20,33H,4-5,7H2,(H,29,34)/t10-,11+,14-,15+,16-,20?/m0/s1. The molecule has 6 atom stereocenters. The molecule has 1 aromatic carbocycles. The number of carbonyl (C=O) groups excluding carboxylic acids is 2. The molecule has 2 saturated carbocycles. The summed E-state index contributed by atoms with van der Waals surface area (Å²) < 4.78 is 75.5. The third-order valence-electron chi connectivity index (χ3n) is 7.50. The van der Waals surface area contributed by atoms with E-state index in [-0.39, 0.29) is 30.5 Å². The van der Waals surface area contributed by atoms with Crippen LogP contribution in [0.25, 0.3) is 0 Å². The molecule has 13 heteroatoms. The van der Waals surface area contributed by atoms with Crippen LogP contribution in [-0.2, 0) is 11.3 Å². The number of aromatic hydroxyl groups is 1. The van der Waals surface area contributed by atoms with Crippen LogP contribution in [0.5, 0.6) is 5.75 Å². The summed E-state index contributed by atoms with van der Waals surface area (Å²) in [4.78, 5) is 40.3. The highest BCUT2D eigenvalue weighted by Gasteiger charge is 2.63. The van der Waals surface area contributed by atoms with Crippen LogP contribution in [-0.4, -0.2) is 50.9 Å². The molecule has 2 aliphatic heterocycles. The monoisotopic (exact) mass is 511 g/mol. The maximum absolute atomic E-state index is 14.1. The molecule has 8 nitrogen and oxygen atoms in total. The predicted molar refractivity (Wildman–Crippen MR) is 110 cm³/mol. The maximum atomic E-state index is 14.1. The van der Waals surface area contributed by atoms with Crippen LogP contribution in [0.4, 0.5) is 22.0 Å². The van der Waals surface area contributed by atoms with E-state index in [2.05, 4.69) is 0 Å². The van der Waals surface area contributed by atoms with Gasteiger partial charge in [0, 0.05) is 23.9 Å². The number of amides is 2. The number of fused-ring (bicyclic) bond motifs is 8. The van der Waals surface area contributed by atoms with Crippen molar-refractivity contribution in [3.05, 3.63) is 63.1 Å². The molecular formula is C23H18F5N3O5. The quantitative estimate of drug-likeness (QED) is 0.617. The Bertz CT molecular complexity index is 1380. The Morgan fingerprint density at radius 1 is 1.17 bits per heavy atom. The second-order valence-electron chi connectivity index (χ2n) is 9.54. The van der Waals surface area contributed by atoms with Crippen LogP contribution in [0.15, 0.2) is 29.2 Å². The van der Waals surface area contributed by atoms with Gasteiger partial charge in [0.2, 0.25) is 5.43 Å². The molecule has 190 valence electrons. The highest BCUT2D eigenvalue weighted by atomic mass is 19.4. The number of benzene rings is 1. The van der Waals surface area contributed by atoms with Gasteiger partial charge >= 0.3 is 6.18 Å². The number of halogens is 5. The molecule has 3 fully saturated rings. The second-order valence-corrected chi connectivity index (χ2v) is 9.54. The Morgan fingerprint density at radius 2 is 1.92 bits per heavy atom. The summed E-state index contributed by atoms with van der Waals surface area (Å²) in [5.74, 6) is -5.32. The van der Waals surface area contributed by atoms with E-state index in [1.54, 1.807) is 5.32 Å².